The minimum atomic E-state index is -0.596. The largest absolute Gasteiger partial charge is 0.493 e. The molecule has 1 aromatic carbocycles. The topological polar surface area (TPSA) is 107 Å². The SMILES string of the molecule is CCNC(=S)N/N=C\c1cc(OC)c(OCC(N)=O)c(OC)c1. The van der Waals surface area contributed by atoms with E-state index in [4.69, 9.17) is 32.2 Å². The molecule has 0 aliphatic rings. The Morgan fingerprint density at radius 2 is 1.96 bits per heavy atom. The van der Waals surface area contributed by atoms with Crippen molar-refractivity contribution in [3.63, 3.8) is 0 Å². The van der Waals surface area contributed by atoms with Crippen LogP contribution in [0.2, 0.25) is 0 Å². The van der Waals surface area contributed by atoms with Crippen molar-refractivity contribution in [3.8, 4) is 17.2 Å². The first-order valence-electron chi connectivity index (χ1n) is 6.75. The van der Waals surface area contributed by atoms with Gasteiger partial charge in [-0.3, -0.25) is 10.2 Å². The third-order valence-electron chi connectivity index (χ3n) is 2.56. The van der Waals surface area contributed by atoms with Crippen LogP contribution < -0.4 is 30.7 Å². The molecule has 0 aromatic heterocycles. The van der Waals surface area contributed by atoms with E-state index >= 15 is 0 Å². The summed E-state index contributed by atoms with van der Waals surface area (Å²) in [5.41, 5.74) is 8.45. The van der Waals surface area contributed by atoms with E-state index in [2.05, 4.69) is 15.8 Å². The fraction of sp³-hybridized carbons (Fsp3) is 0.357. The first-order chi connectivity index (χ1) is 11.0. The number of primary amides is 1. The molecule has 0 saturated carbocycles. The summed E-state index contributed by atoms with van der Waals surface area (Å²) >= 11 is 5.00. The maximum absolute atomic E-state index is 10.9. The quantitative estimate of drug-likeness (QED) is 0.357. The Balaban J connectivity index is 2.96. The third-order valence-corrected chi connectivity index (χ3v) is 2.79. The number of hydrogen-bond acceptors (Lipinski definition) is 6. The number of ether oxygens (including phenoxy) is 3. The predicted molar refractivity (Wildman–Crippen MR) is 91.2 cm³/mol. The smallest absolute Gasteiger partial charge is 0.255 e. The molecule has 0 fully saturated rings. The number of carbonyl (C=O) groups is 1. The number of carbonyl (C=O) groups excluding carboxylic acids is 1. The number of amides is 1. The zero-order valence-electron chi connectivity index (χ0n) is 13.2. The summed E-state index contributed by atoms with van der Waals surface area (Å²) in [6.07, 6.45) is 1.55. The number of hydrogen-bond donors (Lipinski definition) is 3. The van der Waals surface area contributed by atoms with E-state index in [9.17, 15) is 4.79 Å². The van der Waals surface area contributed by atoms with Crippen LogP contribution in [0.4, 0.5) is 0 Å². The average Bonchev–Trinajstić information content (AvgIpc) is 2.52. The number of rotatable bonds is 8. The molecule has 9 heteroatoms. The van der Waals surface area contributed by atoms with Crippen LogP contribution in [-0.4, -0.2) is 44.6 Å². The van der Waals surface area contributed by atoms with Crippen LogP contribution in [0.1, 0.15) is 12.5 Å². The van der Waals surface area contributed by atoms with Gasteiger partial charge >= 0.3 is 0 Å². The fourth-order valence-corrected chi connectivity index (χ4v) is 1.82. The van der Waals surface area contributed by atoms with Crippen molar-refractivity contribution in [2.24, 2.45) is 10.8 Å². The van der Waals surface area contributed by atoms with Crippen LogP contribution >= 0.6 is 12.2 Å². The van der Waals surface area contributed by atoms with E-state index in [0.717, 1.165) is 0 Å². The van der Waals surface area contributed by atoms with Crippen molar-refractivity contribution >= 4 is 29.5 Å². The summed E-state index contributed by atoms with van der Waals surface area (Å²) in [5, 5.41) is 7.34. The molecule has 126 valence electrons. The number of nitrogens with zero attached hydrogens (tertiary/aromatic N) is 1. The Hall–Kier alpha value is -2.55. The van der Waals surface area contributed by atoms with E-state index < -0.39 is 5.91 Å². The first kappa shape index (κ1) is 18.5. The summed E-state index contributed by atoms with van der Waals surface area (Å²) in [5.74, 6) is 0.477. The highest BCUT2D eigenvalue weighted by atomic mass is 32.1. The van der Waals surface area contributed by atoms with Gasteiger partial charge in [0.25, 0.3) is 5.91 Å². The molecule has 23 heavy (non-hydrogen) atoms. The Morgan fingerprint density at radius 1 is 1.35 bits per heavy atom. The molecule has 0 saturated heterocycles. The number of methoxy groups -OCH3 is 2. The van der Waals surface area contributed by atoms with Crippen LogP contribution in [0.25, 0.3) is 0 Å². The van der Waals surface area contributed by atoms with Crippen molar-refractivity contribution in [3.05, 3.63) is 17.7 Å². The predicted octanol–water partition coefficient (Wildman–Crippen LogP) is 0.386. The molecule has 0 spiro atoms. The maximum atomic E-state index is 10.9. The summed E-state index contributed by atoms with van der Waals surface area (Å²) < 4.78 is 15.8. The molecule has 1 rings (SSSR count). The van der Waals surface area contributed by atoms with Gasteiger partial charge < -0.3 is 25.3 Å². The molecule has 4 N–H and O–H groups in total. The minimum absolute atomic E-state index is 0.279. The molecular weight excluding hydrogens is 320 g/mol. The lowest BCUT2D eigenvalue weighted by Crippen LogP contribution is -2.31. The number of benzene rings is 1. The number of nitrogens with one attached hydrogen (secondary N) is 2. The van der Waals surface area contributed by atoms with Gasteiger partial charge in [-0.1, -0.05) is 0 Å². The molecule has 0 unspecified atom stereocenters. The molecule has 0 aliphatic heterocycles. The van der Waals surface area contributed by atoms with Gasteiger partial charge in [0.1, 0.15) is 0 Å². The summed E-state index contributed by atoms with van der Waals surface area (Å²) in [6, 6.07) is 3.36. The van der Waals surface area contributed by atoms with Crippen molar-refractivity contribution < 1.29 is 19.0 Å². The second-order valence-electron chi connectivity index (χ2n) is 4.24. The van der Waals surface area contributed by atoms with Gasteiger partial charge in [0.15, 0.2) is 23.2 Å². The van der Waals surface area contributed by atoms with Gasteiger partial charge in [0.2, 0.25) is 5.75 Å². The van der Waals surface area contributed by atoms with Gasteiger partial charge in [-0.25, -0.2) is 0 Å². The monoisotopic (exact) mass is 340 g/mol. The average molecular weight is 340 g/mol. The van der Waals surface area contributed by atoms with Gasteiger partial charge in [-0.2, -0.15) is 5.10 Å². The lowest BCUT2D eigenvalue weighted by atomic mass is 10.2. The van der Waals surface area contributed by atoms with Crippen molar-refractivity contribution in [2.45, 2.75) is 6.92 Å². The number of nitrogens with two attached hydrogens (primary N) is 1. The highest BCUT2D eigenvalue weighted by Gasteiger charge is 2.14. The third kappa shape index (κ3) is 5.99. The summed E-state index contributed by atoms with van der Waals surface area (Å²) in [6.45, 7) is 2.35. The zero-order chi connectivity index (χ0) is 17.2. The van der Waals surface area contributed by atoms with Crippen LogP contribution in [0.5, 0.6) is 17.2 Å². The first-order valence-corrected chi connectivity index (χ1v) is 7.16. The second kappa shape index (κ2) is 9.46. The lowest BCUT2D eigenvalue weighted by molar-refractivity contribution is -0.119. The Bertz CT molecular complexity index is 567. The van der Waals surface area contributed by atoms with Crippen LogP contribution in [0.15, 0.2) is 17.2 Å². The van der Waals surface area contributed by atoms with E-state index in [-0.39, 0.29) is 6.61 Å². The molecule has 1 aromatic rings. The normalized spacial score (nSPS) is 10.2. The maximum Gasteiger partial charge on any atom is 0.255 e. The molecule has 8 nitrogen and oxygen atoms in total. The van der Waals surface area contributed by atoms with E-state index in [1.54, 1.807) is 18.3 Å². The van der Waals surface area contributed by atoms with Gasteiger partial charge in [0, 0.05) is 12.1 Å². The highest BCUT2D eigenvalue weighted by Crippen LogP contribution is 2.38. The van der Waals surface area contributed by atoms with Crippen LogP contribution in [-0.2, 0) is 4.79 Å². The molecular formula is C14H20N4O4S. The number of thiocarbonyl (C=S) groups is 1. The second-order valence-corrected chi connectivity index (χ2v) is 4.65. The molecule has 1 amide bonds. The van der Waals surface area contributed by atoms with Crippen molar-refractivity contribution in [1.29, 1.82) is 0 Å². The zero-order valence-corrected chi connectivity index (χ0v) is 14.0. The molecule has 0 aliphatic carbocycles. The Labute approximate surface area is 140 Å². The molecule has 0 atom stereocenters. The van der Waals surface area contributed by atoms with E-state index in [0.29, 0.717) is 34.5 Å². The number of hydrazone groups is 1. The van der Waals surface area contributed by atoms with Crippen LogP contribution in [0, 0.1) is 0 Å². The van der Waals surface area contributed by atoms with E-state index in [1.165, 1.54) is 14.2 Å². The van der Waals surface area contributed by atoms with Gasteiger partial charge in [0.05, 0.1) is 20.4 Å². The van der Waals surface area contributed by atoms with E-state index in [1.807, 2.05) is 6.92 Å². The fourth-order valence-electron chi connectivity index (χ4n) is 1.63. The molecule has 0 radical (unpaired) electrons. The minimum Gasteiger partial charge on any atom is -0.493 e. The Morgan fingerprint density at radius 3 is 2.43 bits per heavy atom. The molecule has 0 bridgehead atoms. The van der Waals surface area contributed by atoms with Crippen LogP contribution in [0.3, 0.4) is 0 Å². The highest BCUT2D eigenvalue weighted by molar-refractivity contribution is 7.80. The summed E-state index contributed by atoms with van der Waals surface area (Å²) in [4.78, 5) is 10.9. The standard InChI is InChI=1S/C14H20N4O4S/c1-4-16-14(23)18-17-7-9-5-10(20-2)13(11(6-9)21-3)22-8-12(15)19/h5-7H,4,8H2,1-3H3,(H2,15,19)(H2,16,18,23)/b17-7-. The Kier molecular flexibility index (Phi) is 7.61. The van der Waals surface area contributed by atoms with Gasteiger partial charge in [-0.15, -0.1) is 0 Å². The van der Waals surface area contributed by atoms with Crippen molar-refractivity contribution in [2.75, 3.05) is 27.4 Å². The lowest BCUT2D eigenvalue weighted by Gasteiger charge is -2.14. The van der Waals surface area contributed by atoms with Crippen molar-refractivity contribution in [1.82, 2.24) is 10.7 Å². The molecule has 0 heterocycles. The van der Waals surface area contributed by atoms with Gasteiger partial charge in [-0.05, 0) is 31.3 Å². The summed E-state index contributed by atoms with van der Waals surface area (Å²) in [7, 11) is 2.96.